The van der Waals surface area contributed by atoms with E-state index in [2.05, 4.69) is 16.3 Å². The lowest BCUT2D eigenvalue weighted by Crippen LogP contribution is -2.54. The van der Waals surface area contributed by atoms with Gasteiger partial charge in [0.25, 0.3) is 0 Å². The second-order valence-corrected chi connectivity index (χ2v) is 6.66. The zero-order valence-corrected chi connectivity index (χ0v) is 15.2. The highest BCUT2D eigenvalue weighted by molar-refractivity contribution is 5.75. The number of amides is 2. The van der Waals surface area contributed by atoms with Crippen LogP contribution in [0.3, 0.4) is 0 Å². The molecular formula is C19H29N3O3. The summed E-state index contributed by atoms with van der Waals surface area (Å²) in [6, 6.07) is 8.18. The normalized spacial score (nSPS) is 21.9. The Hall–Kier alpha value is -1.95. The Labute approximate surface area is 150 Å². The van der Waals surface area contributed by atoms with E-state index in [9.17, 15) is 4.79 Å². The molecule has 1 N–H and O–H groups in total. The number of carbonyl (C=O) groups excluding carboxylic acids is 1. The Morgan fingerprint density at radius 3 is 2.76 bits per heavy atom. The molecule has 138 valence electrons. The summed E-state index contributed by atoms with van der Waals surface area (Å²) in [5, 5.41) is 3.10. The number of piperazine rings is 1. The summed E-state index contributed by atoms with van der Waals surface area (Å²) in [4.78, 5) is 16.7. The van der Waals surface area contributed by atoms with Crippen LogP contribution in [0, 0.1) is 0 Å². The van der Waals surface area contributed by atoms with Crippen molar-refractivity contribution in [2.75, 3.05) is 44.3 Å². The van der Waals surface area contributed by atoms with Gasteiger partial charge >= 0.3 is 6.03 Å². The molecule has 0 aliphatic carbocycles. The average Bonchev–Trinajstić information content (AvgIpc) is 3.17. The Kier molecular flexibility index (Phi) is 6.02. The van der Waals surface area contributed by atoms with Gasteiger partial charge in [-0.15, -0.1) is 0 Å². The maximum atomic E-state index is 12.5. The van der Waals surface area contributed by atoms with Gasteiger partial charge in [-0.25, -0.2) is 4.79 Å². The first-order chi connectivity index (χ1) is 12.2. The SMILES string of the molecule is CCOc1ccccc1N1CCN(C(=O)NC(C)C2CCCO2)CC1. The lowest BCUT2D eigenvalue weighted by molar-refractivity contribution is 0.0831. The largest absolute Gasteiger partial charge is 0.492 e. The number of carbonyl (C=O) groups is 1. The molecule has 2 unspecified atom stereocenters. The first-order valence-electron chi connectivity index (χ1n) is 9.33. The van der Waals surface area contributed by atoms with Crippen molar-refractivity contribution in [1.29, 1.82) is 0 Å². The molecule has 0 bridgehead atoms. The molecule has 25 heavy (non-hydrogen) atoms. The average molecular weight is 347 g/mol. The van der Waals surface area contributed by atoms with Gasteiger partial charge in [0.05, 0.1) is 24.4 Å². The first-order valence-corrected chi connectivity index (χ1v) is 9.33. The fourth-order valence-electron chi connectivity index (χ4n) is 3.52. The fraction of sp³-hybridized carbons (Fsp3) is 0.632. The first kappa shape index (κ1) is 17.9. The summed E-state index contributed by atoms with van der Waals surface area (Å²) in [7, 11) is 0. The second kappa shape index (κ2) is 8.43. The number of hydrogen-bond donors (Lipinski definition) is 1. The number of rotatable bonds is 5. The summed E-state index contributed by atoms with van der Waals surface area (Å²) in [5.74, 6) is 0.912. The molecule has 2 aliphatic rings. The van der Waals surface area contributed by atoms with E-state index < -0.39 is 0 Å². The van der Waals surface area contributed by atoms with Crippen LogP contribution >= 0.6 is 0 Å². The number of hydrogen-bond acceptors (Lipinski definition) is 4. The van der Waals surface area contributed by atoms with Crippen molar-refractivity contribution in [1.82, 2.24) is 10.2 Å². The van der Waals surface area contributed by atoms with Gasteiger partial charge in [-0.2, -0.15) is 0 Å². The van der Waals surface area contributed by atoms with Crippen molar-refractivity contribution >= 4 is 11.7 Å². The van der Waals surface area contributed by atoms with E-state index in [1.165, 1.54) is 0 Å². The van der Waals surface area contributed by atoms with E-state index in [1.807, 2.05) is 36.9 Å². The number of nitrogens with zero attached hydrogens (tertiary/aromatic N) is 2. The molecule has 2 heterocycles. The van der Waals surface area contributed by atoms with Crippen LogP contribution in [0.4, 0.5) is 10.5 Å². The van der Waals surface area contributed by atoms with Crippen LogP contribution in [0.2, 0.25) is 0 Å². The van der Waals surface area contributed by atoms with E-state index in [4.69, 9.17) is 9.47 Å². The summed E-state index contributed by atoms with van der Waals surface area (Å²) >= 11 is 0. The van der Waals surface area contributed by atoms with E-state index in [1.54, 1.807) is 0 Å². The number of ether oxygens (including phenoxy) is 2. The number of nitrogens with one attached hydrogen (secondary N) is 1. The standard InChI is InChI=1S/C19H29N3O3/c1-3-24-18-8-5-4-7-16(18)21-10-12-22(13-11-21)19(23)20-15(2)17-9-6-14-25-17/h4-5,7-8,15,17H,3,6,9-14H2,1-2H3,(H,20,23). The predicted octanol–water partition coefficient (Wildman–Crippen LogP) is 2.48. The lowest BCUT2D eigenvalue weighted by atomic mass is 10.1. The topological polar surface area (TPSA) is 54.0 Å². The van der Waals surface area contributed by atoms with Crippen molar-refractivity contribution in [3.8, 4) is 5.75 Å². The van der Waals surface area contributed by atoms with Crippen LogP contribution in [0.5, 0.6) is 5.75 Å². The molecule has 1 aromatic carbocycles. The Morgan fingerprint density at radius 2 is 2.08 bits per heavy atom. The summed E-state index contributed by atoms with van der Waals surface area (Å²) in [6.07, 6.45) is 2.27. The number of anilines is 1. The minimum absolute atomic E-state index is 0.0146. The molecular weight excluding hydrogens is 318 g/mol. The highest BCUT2D eigenvalue weighted by Crippen LogP contribution is 2.28. The van der Waals surface area contributed by atoms with Crippen molar-refractivity contribution in [3.05, 3.63) is 24.3 Å². The van der Waals surface area contributed by atoms with E-state index in [0.717, 1.165) is 44.0 Å². The van der Waals surface area contributed by atoms with Crippen molar-refractivity contribution in [2.24, 2.45) is 0 Å². The molecule has 6 nitrogen and oxygen atoms in total. The lowest BCUT2D eigenvalue weighted by Gasteiger charge is -2.37. The molecule has 0 spiro atoms. The molecule has 2 saturated heterocycles. The quantitative estimate of drug-likeness (QED) is 0.889. The molecule has 0 aromatic heterocycles. The third-order valence-corrected chi connectivity index (χ3v) is 4.95. The van der Waals surface area contributed by atoms with Gasteiger partial charge in [0.15, 0.2) is 0 Å². The third-order valence-electron chi connectivity index (χ3n) is 4.95. The zero-order valence-electron chi connectivity index (χ0n) is 15.2. The van der Waals surface area contributed by atoms with E-state index in [0.29, 0.717) is 19.7 Å². The number of urea groups is 1. The van der Waals surface area contributed by atoms with Gasteiger partial charge in [0, 0.05) is 32.8 Å². The Balaban J connectivity index is 1.52. The molecule has 2 aliphatic heterocycles. The minimum atomic E-state index is 0.0146. The molecule has 6 heteroatoms. The molecule has 0 radical (unpaired) electrons. The Bertz CT molecular complexity index is 567. The van der Waals surface area contributed by atoms with Crippen molar-refractivity contribution in [2.45, 2.75) is 38.8 Å². The zero-order chi connectivity index (χ0) is 17.6. The summed E-state index contributed by atoms with van der Waals surface area (Å²) in [5.41, 5.74) is 1.11. The van der Waals surface area contributed by atoms with Crippen molar-refractivity contribution in [3.63, 3.8) is 0 Å². The van der Waals surface area contributed by atoms with Gasteiger partial charge in [0.1, 0.15) is 5.75 Å². The smallest absolute Gasteiger partial charge is 0.317 e. The fourth-order valence-corrected chi connectivity index (χ4v) is 3.52. The summed E-state index contributed by atoms with van der Waals surface area (Å²) in [6.45, 7) is 8.53. The third kappa shape index (κ3) is 4.37. The van der Waals surface area contributed by atoms with Crippen LogP contribution < -0.4 is 15.0 Å². The molecule has 0 saturated carbocycles. The molecule has 2 atom stereocenters. The van der Waals surface area contributed by atoms with Crippen LogP contribution in [0.15, 0.2) is 24.3 Å². The van der Waals surface area contributed by atoms with Gasteiger partial charge < -0.3 is 24.6 Å². The predicted molar refractivity (Wildman–Crippen MR) is 98.4 cm³/mol. The highest BCUT2D eigenvalue weighted by atomic mass is 16.5. The van der Waals surface area contributed by atoms with Gasteiger partial charge in [-0.05, 0) is 38.8 Å². The van der Waals surface area contributed by atoms with Gasteiger partial charge in [-0.3, -0.25) is 0 Å². The van der Waals surface area contributed by atoms with Crippen LogP contribution in [-0.4, -0.2) is 62.5 Å². The monoisotopic (exact) mass is 347 g/mol. The maximum Gasteiger partial charge on any atom is 0.317 e. The highest BCUT2D eigenvalue weighted by Gasteiger charge is 2.27. The molecule has 2 fully saturated rings. The van der Waals surface area contributed by atoms with E-state index >= 15 is 0 Å². The molecule has 1 aromatic rings. The van der Waals surface area contributed by atoms with Crippen LogP contribution in [0.1, 0.15) is 26.7 Å². The van der Waals surface area contributed by atoms with Crippen LogP contribution in [0.25, 0.3) is 0 Å². The van der Waals surface area contributed by atoms with Crippen molar-refractivity contribution < 1.29 is 14.3 Å². The molecule has 2 amide bonds. The van der Waals surface area contributed by atoms with Gasteiger partial charge in [-0.1, -0.05) is 12.1 Å². The minimum Gasteiger partial charge on any atom is -0.492 e. The maximum absolute atomic E-state index is 12.5. The number of para-hydroxylation sites is 2. The Morgan fingerprint density at radius 1 is 1.32 bits per heavy atom. The number of benzene rings is 1. The summed E-state index contributed by atoms with van der Waals surface area (Å²) < 4.78 is 11.4. The second-order valence-electron chi connectivity index (χ2n) is 6.66. The molecule has 3 rings (SSSR count). The van der Waals surface area contributed by atoms with E-state index in [-0.39, 0.29) is 18.2 Å². The van der Waals surface area contributed by atoms with Crippen LogP contribution in [-0.2, 0) is 4.74 Å². The van der Waals surface area contributed by atoms with Gasteiger partial charge in [0.2, 0.25) is 0 Å².